The Morgan fingerprint density at radius 3 is 2.58 bits per heavy atom. The van der Waals surface area contributed by atoms with Crippen LogP contribution in [0.3, 0.4) is 0 Å². The molecule has 0 aliphatic carbocycles. The lowest BCUT2D eigenvalue weighted by atomic mass is 10.2. The summed E-state index contributed by atoms with van der Waals surface area (Å²) in [4.78, 5) is 27.1. The lowest BCUT2D eigenvalue weighted by Gasteiger charge is -2.36. The van der Waals surface area contributed by atoms with Gasteiger partial charge in [-0.05, 0) is 30.3 Å². The topological polar surface area (TPSA) is 49.9 Å². The van der Waals surface area contributed by atoms with Crippen LogP contribution < -0.4 is 9.64 Å². The van der Waals surface area contributed by atoms with Gasteiger partial charge in [-0.3, -0.25) is 9.59 Å². The second-order valence-corrected chi connectivity index (χ2v) is 6.82. The van der Waals surface area contributed by atoms with Crippen molar-refractivity contribution in [2.75, 3.05) is 37.7 Å². The van der Waals surface area contributed by atoms with Crippen molar-refractivity contribution in [2.24, 2.45) is 0 Å². The number of nitrogens with zero attached hydrogens (tertiary/aromatic N) is 2. The van der Waals surface area contributed by atoms with Crippen LogP contribution in [-0.4, -0.2) is 49.9 Å². The summed E-state index contributed by atoms with van der Waals surface area (Å²) in [5.74, 6) is -0.0354. The summed E-state index contributed by atoms with van der Waals surface area (Å²) in [6.07, 6.45) is 0.692. The number of para-hydroxylation sites is 1. The van der Waals surface area contributed by atoms with Crippen molar-refractivity contribution in [3.63, 3.8) is 0 Å². The highest BCUT2D eigenvalue weighted by Gasteiger charge is 2.23. The van der Waals surface area contributed by atoms with Crippen molar-refractivity contribution in [1.29, 1.82) is 0 Å². The van der Waals surface area contributed by atoms with E-state index in [9.17, 15) is 14.0 Å². The molecule has 0 spiro atoms. The molecule has 1 aliphatic heterocycles. The molecule has 1 amide bonds. The normalized spacial score (nSPS) is 14.2. The molecule has 1 saturated heterocycles. The zero-order valence-corrected chi connectivity index (χ0v) is 15.6. The number of aldehydes is 1. The smallest absolute Gasteiger partial charge is 0.260 e. The largest absolute Gasteiger partial charge is 0.483 e. The first-order valence-corrected chi connectivity index (χ1v) is 9.02. The lowest BCUT2D eigenvalue weighted by molar-refractivity contribution is -0.133. The first kappa shape index (κ1) is 18.4. The molecular weight excluding hydrogens is 403 g/mol. The third-order valence-corrected chi connectivity index (χ3v) is 4.77. The average Bonchev–Trinajstić information content (AvgIpc) is 2.67. The number of carbonyl (C=O) groups is 2. The van der Waals surface area contributed by atoms with Crippen LogP contribution in [0.2, 0.25) is 0 Å². The number of anilines is 1. The second-order valence-electron chi connectivity index (χ2n) is 5.91. The molecule has 1 heterocycles. The summed E-state index contributed by atoms with van der Waals surface area (Å²) >= 11 is 3.29. The Morgan fingerprint density at radius 2 is 1.88 bits per heavy atom. The van der Waals surface area contributed by atoms with Gasteiger partial charge in [0, 0.05) is 30.7 Å². The minimum atomic E-state index is -0.257. The summed E-state index contributed by atoms with van der Waals surface area (Å²) in [6.45, 7) is 1.98. The molecule has 5 nitrogen and oxygen atoms in total. The molecule has 136 valence electrons. The molecule has 1 aliphatic rings. The van der Waals surface area contributed by atoms with Gasteiger partial charge >= 0.3 is 0 Å². The number of ether oxygens (including phenoxy) is 1. The maximum atomic E-state index is 13.9. The first-order chi connectivity index (χ1) is 12.6. The Bertz CT molecular complexity index is 807. The molecule has 0 radical (unpaired) electrons. The molecule has 0 aromatic heterocycles. The van der Waals surface area contributed by atoms with Crippen molar-refractivity contribution in [3.05, 3.63) is 58.3 Å². The maximum absolute atomic E-state index is 13.9. The standard InChI is InChI=1S/C19H18BrFN2O3/c20-15-5-6-18(14(11-15)12-24)26-13-19(25)23-9-7-22(8-10-23)17-4-2-1-3-16(17)21/h1-6,11-12H,7-10,13H2. The number of halogens is 2. The van der Waals surface area contributed by atoms with Crippen molar-refractivity contribution in [1.82, 2.24) is 4.90 Å². The fourth-order valence-corrected chi connectivity index (χ4v) is 3.26. The van der Waals surface area contributed by atoms with Gasteiger partial charge in [0.1, 0.15) is 11.6 Å². The molecule has 0 unspecified atom stereocenters. The molecule has 0 bridgehead atoms. The summed E-state index contributed by atoms with van der Waals surface area (Å²) in [5.41, 5.74) is 0.942. The van der Waals surface area contributed by atoms with E-state index in [2.05, 4.69) is 15.9 Å². The van der Waals surface area contributed by atoms with Gasteiger partial charge in [0.25, 0.3) is 5.91 Å². The summed E-state index contributed by atoms with van der Waals surface area (Å²) in [5, 5.41) is 0. The van der Waals surface area contributed by atoms with Gasteiger partial charge in [-0.2, -0.15) is 0 Å². The summed E-state index contributed by atoms with van der Waals surface area (Å²) in [6, 6.07) is 11.7. The molecule has 0 atom stereocenters. The predicted molar refractivity (Wildman–Crippen MR) is 100 cm³/mol. The lowest BCUT2D eigenvalue weighted by Crippen LogP contribution is -2.50. The fourth-order valence-electron chi connectivity index (χ4n) is 2.88. The van der Waals surface area contributed by atoms with E-state index in [0.717, 1.165) is 4.47 Å². The molecule has 26 heavy (non-hydrogen) atoms. The van der Waals surface area contributed by atoms with Crippen molar-refractivity contribution >= 4 is 33.8 Å². The van der Waals surface area contributed by atoms with Crippen LogP contribution in [0, 0.1) is 5.82 Å². The third kappa shape index (κ3) is 4.22. The van der Waals surface area contributed by atoms with E-state index in [1.165, 1.54) is 6.07 Å². The van der Waals surface area contributed by atoms with Crippen LogP contribution in [0.15, 0.2) is 46.9 Å². The molecule has 7 heteroatoms. The Kier molecular flexibility index (Phi) is 5.88. The van der Waals surface area contributed by atoms with Crippen LogP contribution in [0.4, 0.5) is 10.1 Å². The van der Waals surface area contributed by atoms with Gasteiger partial charge in [-0.15, -0.1) is 0 Å². The molecular formula is C19H18BrFN2O3. The number of hydrogen-bond acceptors (Lipinski definition) is 4. The van der Waals surface area contributed by atoms with Gasteiger partial charge in [0.2, 0.25) is 0 Å². The monoisotopic (exact) mass is 420 g/mol. The van der Waals surface area contributed by atoms with E-state index in [1.54, 1.807) is 41.3 Å². The molecule has 3 rings (SSSR count). The molecule has 2 aromatic rings. The minimum absolute atomic E-state index is 0.137. The highest BCUT2D eigenvalue weighted by Crippen LogP contribution is 2.22. The highest BCUT2D eigenvalue weighted by molar-refractivity contribution is 9.10. The van der Waals surface area contributed by atoms with Crippen LogP contribution in [0.25, 0.3) is 0 Å². The number of rotatable bonds is 5. The number of benzene rings is 2. The van der Waals surface area contributed by atoms with Crippen LogP contribution in [0.1, 0.15) is 10.4 Å². The van der Waals surface area contributed by atoms with Gasteiger partial charge in [0.05, 0.1) is 11.3 Å². The number of amides is 1. The Morgan fingerprint density at radius 1 is 1.15 bits per heavy atom. The SMILES string of the molecule is O=Cc1cc(Br)ccc1OCC(=O)N1CCN(c2ccccc2F)CC1. The van der Waals surface area contributed by atoms with Gasteiger partial charge in [-0.25, -0.2) is 4.39 Å². The maximum Gasteiger partial charge on any atom is 0.260 e. The van der Waals surface area contributed by atoms with Gasteiger partial charge in [0.15, 0.2) is 12.9 Å². The third-order valence-electron chi connectivity index (χ3n) is 4.28. The van der Waals surface area contributed by atoms with Crippen LogP contribution in [-0.2, 0) is 4.79 Å². The van der Waals surface area contributed by atoms with Gasteiger partial charge < -0.3 is 14.5 Å². The molecule has 0 N–H and O–H groups in total. The molecule has 1 fully saturated rings. The number of hydrogen-bond donors (Lipinski definition) is 0. The average molecular weight is 421 g/mol. The minimum Gasteiger partial charge on any atom is -0.483 e. The van der Waals surface area contributed by atoms with Gasteiger partial charge in [-0.1, -0.05) is 28.1 Å². The predicted octanol–water partition coefficient (Wildman–Crippen LogP) is 3.13. The van der Waals surface area contributed by atoms with E-state index in [1.807, 2.05) is 4.90 Å². The number of carbonyl (C=O) groups excluding carboxylic acids is 2. The van der Waals surface area contributed by atoms with E-state index in [4.69, 9.17) is 4.74 Å². The molecule has 2 aromatic carbocycles. The Labute approximate surface area is 159 Å². The fraction of sp³-hybridized carbons (Fsp3) is 0.263. The number of piperazine rings is 1. The zero-order chi connectivity index (χ0) is 18.5. The van der Waals surface area contributed by atoms with Crippen LogP contribution in [0.5, 0.6) is 5.75 Å². The highest BCUT2D eigenvalue weighted by atomic mass is 79.9. The van der Waals surface area contributed by atoms with Crippen molar-refractivity contribution < 1.29 is 18.7 Å². The second kappa shape index (κ2) is 8.31. The Balaban J connectivity index is 1.54. The first-order valence-electron chi connectivity index (χ1n) is 8.23. The van der Waals surface area contributed by atoms with E-state index >= 15 is 0 Å². The summed E-state index contributed by atoms with van der Waals surface area (Å²) < 4.78 is 20.1. The van der Waals surface area contributed by atoms with Crippen molar-refractivity contribution in [3.8, 4) is 5.75 Å². The van der Waals surface area contributed by atoms with E-state index in [0.29, 0.717) is 49.5 Å². The summed E-state index contributed by atoms with van der Waals surface area (Å²) in [7, 11) is 0. The zero-order valence-electron chi connectivity index (χ0n) is 14.0. The quantitative estimate of drug-likeness (QED) is 0.697. The van der Waals surface area contributed by atoms with Crippen molar-refractivity contribution in [2.45, 2.75) is 0 Å². The van der Waals surface area contributed by atoms with Crippen LogP contribution >= 0.6 is 15.9 Å². The molecule has 0 saturated carbocycles. The van der Waals surface area contributed by atoms with E-state index in [-0.39, 0.29) is 18.3 Å². The van der Waals surface area contributed by atoms with E-state index < -0.39 is 0 Å². The Hall–Kier alpha value is -2.41.